The van der Waals surface area contributed by atoms with Crippen LogP contribution in [0.2, 0.25) is 0 Å². The molecule has 0 fully saturated rings. The first kappa shape index (κ1) is 17.9. The van der Waals surface area contributed by atoms with E-state index in [9.17, 15) is 12.8 Å². The summed E-state index contributed by atoms with van der Waals surface area (Å²) in [7, 11) is -3.77. The van der Waals surface area contributed by atoms with Gasteiger partial charge >= 0.3 is 0 Å². The van der Waals surface area contributed by atoms with Gasteiger partial charge in [0.25, 0.3) is 0 Å². The Morgan fingerprint density at radius 3 is 2.52 bits per heavy atom. The van der Waals surface area contributed by atoms with Gasteiger partial charge in [-0.25, -0.2) is 22.9 Å². The second kappa shape index (κ2) is 6.78. The average molecular weight is 379 g/mol. The molecule has 0 bridgehead atoms. The van der Waals surface area contributed by atoms with Gasteiger partial charge in [-0.1, -0.05) is 23.9 Å². The average Bonchev–Trinajstić information content (AvgIpc) is 2.90. The number of benzene rings is 2. The minimum atomic E-state index is -3.77. The van der Waals surface area contributed by atoms with Crippen molar-refractivity contribution < 1.29 is 12.8 Å². The van der Waals surface area contributed by atoms with Gasteiger partial charge in [0.1, 0.15) is 5.82 Å². The molecule has 1 aromatic heterocycles. The third-order valence-electron chi connectivity index (χ3n) is 3.95. The molecule has 0 radical (unpaired) electrons. The van der Waals surface area contributed by atoms with Crippen molar-refractivity contribution in [1.29, 1.82) is 0 Å². The molecule has 0 saturated heterocycles. The lowest BCUT2D eigenvalue weighted by atomic mass is 10.2. The maximum absolute atomic E-state index is 13.1. The zero-order valence-corrected chi connectivity index (χ0v) is 15.4. The highest BCUT2D eigenvalue weighted by Crippen LogP contribution is 2.36. The second-order valence-corrected chi connectivity index (χ2v) is 8.52. The molecule has 132 valence electrons. The van der Waals surface area contributed by atoms with Crippen molar-refractivity contribution in [2.75, 3.05) is 0 Å². The number of imidazole rings is 1. The summed E-state index contributed by atoms with van der Waals surface area (Å²) in [6.45, 7) is 4.72. The van der Waals surface area contributed by atoms with Crippen LogP contribution in [0.1, 0.15) is 24.7 Å². The van der Waals surface area contributed by atoms with Crippen molar-refractivity contribution >= 4 is 32.8 Å². The molecule has 0 saturated carbocycles. The van der Waals surface area contributed by atoms with E-state index in [4.69, 9.17) is 5.14 Å². The number of hydrogen-bond acceptors (Lipinski definition) is 4. The van der Waals surface area contributed by atoms with Crippen LogP contribution in [0.4, 0.5) is 4.39 Å². The summed E-state index contributed by atoms with van der Waals surface area (Å²) in [5.74, 6) is -0.266. The minimum absolute atomic E-state index is 0.0453. The normalized spacial score (nSPS) is 13.3. The standard InChI is InChI=1S/C17H18FN3O2S2/c1-3-21-16-9-8-14(25(19,22)23)10-15(16)20-17(21)24-11(2)12-4-6-13(18)7-5-12/h4-11H,3H2,1-2H3,(H2,19,22,23). The monoisotopic (exact) mass is 379 g/mol. The molecule has 3 rings (SSSR count). The van der Waals surface area contributed by atoms with Crippen LogP contribution in [0.3, 0.4) is 0 Å². The predicted molar refractivity (Wildman–Crippen MR) is 97.5 cm³/mol. The number of aryl methyl sites for hydroxylation is 1. The Bertz CT molecular complexity index is 1010. The Morgan fingerprint density at radius 2 is 1.92 bits per heavy atom. The molecule has 0 spiro atoms. The number of sulfonamides is 1. The van der Waals surface area contributed by atoms with Crippen LogP contribution < -0.4 is 5.14 Å². The molecule has 1 atom stereocenters. The fourth-order valence-corrected chi connectivity index (χ4v) is 4.27. The Balaban J connectivity index is 1.99. The van der Waals surface area contributed by atoms with E-state index in [1.54, 1.807) is 30.0 Å². The lowest BCUT2D eigenvalue weighted by Crippen LogP contribution is -2.11. The maximum atomic E-state index is 13.1. The van der Waals surface area contributed by atoms with E-state index in [1.807, 2.05) is 18.4 Å². The number of thioether (sulfide) groups is 1. The zero-order chi connectivity index (χ0) is 18.2. The lowest BCUT2D eigenvalue weighted by molar-refractivity contribution is 0.598. The van der Waals surface area contributed by atoms with Crippen LogP contribution in [-0.2, 0) is 16.6 Å². The van der Waals surface area contributed by atoms with Crippen LogP contribution in [0, 0.1) is 5.82 Å². The zero-order valence-electron chi connectivity index (χ0n) is 13.8. The van der Waals surface area contributed by atoms with Gasteiger partial charge in [0.05, 0.1) is 15.9 Å². The van der Waals surface area contributed by atoms with Gasteiger partial charge < -0.3 is 4.57 Å². The predicted octanol–water partition coefficient (Wildman–Crippen LogP) is 3.70. The van der Waals surface area contributed by atoms with Gasteiger partial charge in [-0.05, 0) is 49.7 Å². The van der Waals surface area contributed by atoms with E-state index in [1.165, 1.54) is 24.3 Å². The summed E-state index contributed by atoms with van der Waals surface area (Å²) in [5.41, 5.74) is 2.43. The molecule has 3 aromatic rings. The summed E-state index contributed by atoms with van der Waals surface area (Å²) in [5, 5.41) is 6.04. The molecule has 25 heavy (non-hydrogen) atoms. The summed E-state index contributed by atoms with van der Waals surface area (Å²) < 4.78 is 38.2. The van der Waals surface area contributed by atoms with Crippen molar-refractivity contribution in [2.24, 2.45) is 5.14 Å². The van der Waals surface area contributed by atoms with Crippen molar-refractivity contribution in [3.05, 3.63) is 53.8 Å². The number of primary sulfonamides is 1. The van der Waals surface area contributed by atoms with Gasteiger partial charge in [-0.15, -0.1) is 0 Å². The highest BCUT2D eigenvalue weighted by molar-refractivity contribution is 7.99. The molecule has 1 heterocycles. The molecule has 0 aliphatic heterocycles. The van der Waals surface area contributed by atoms with Gasteiger partial charge in [0, 0.05) is 11.8 Å². The van der Waals surface area contributed by atoms with Crippen molar-refractivity contribution in [3.8, 4) is 0 Å². The van der Waals surface area contributed by atoms with Crippen LogP contribution in [-0.4, -0.2) is 18.0 Å². The third kappa shape index (κ3) is 3.70. The van der Waals surface area contributed by atoms with E-state index in [0.717, 1.165) is 16.2 Å². The quantitative estimate of drug-likeness (QED) is 0.686. The molecule has 2 aromatic carbocycles. The highest BCUT2D eigenvalue weighted by atomic mass is 32.2. The van der Waals surface area contributed by atoms with E-state index in [-0.39, 0.29) is 16.0 Å². The smallest absolute Gasteiger partial charge is 0.238 e. The minimum Gasteiger partial charge on any atom is -0.319 e. The van der Waals surface area contributed by atoms with Crippen LogP contribution in [0.5, 0.6) is 0 Å². The highest BCUT2D eigenvalue weighted by Gasteiger charge is 2.17. The molecular formula is C17H18FN3O2S2. The summed E-state index contributed by atoms with van der Waals surface area (Å²) >= 11 is 1.54. The second-order valence-electron chi connectivity index (χ2n) is 5.65. The lowest BCUT2D eigenvalue weighted by Gasteiger charge is -2.12. The number of halogens is 1. The summed E-state index contributed by atoms with van der Waals surface area (Å²) in [6.07, 6.45) is 0. The molecule has 1 unspecified atom stereocenters. The summed E-state index contributed by atoms with van der Waals surface area (Å²) in [4.78, 5) is 4.62. The molecule has 0 aliphatic carbocycles. The van der Waals surface area contributed by atoms with Gasteiger partial charge in [-0.3, -0.25) is 0 Å². The molecule has 5 nitrogen and oxygen atoms in total. The van der Waals surface area contributed by atoms with E-state index < -0.39 is 10.0 Å². The number of nitrogens with zero attached hydrogens (tertiary/aromatic N) is 2. The van der Waals surface area contributed by atoms with Crippen LogP contribution in [0.15, 0.2) is 52.5 Å². The SMILES string of the molecule is CCn1c(SC(C)c2ccc(F)cc2)nc2cc(S(N)(=O)=O)ccc21. The Hall–Kier alpha value is -1.90. The number of aromatic nitrogens is 2. The first-order valence-electron chi connectivity index (χ1n) is 7.75. The third-order valence-corrected chi connectivity index (χ3v) is 6.01. The van der Waals surface area contributed by atoms with Crippen molar-refractivity contribution in [2.45, 2.75) is 35.7 Å². The molecule has 0 aliphatic rings. The summed E-state index contributed by atoms with van der Waals surface area (Å²) in [6, 6.07) is 11.1. The fourth-order valence-electron chi connectivity index (χ4n) is 2.62. The van der Waals surface area contributed by atoms with E-state index in [0.29, 0.717) is 12.1 Å². The molecule has 8 heteroatoms. The Morgan fingerprint density at radius 1 is 1.24 bits per heavy atom. The fraction of sp³-hybridized carbons (Fsp3) is 0.235. The number of rotatable bonds is 5. The Labute approximate surface area is 150 Å². The molecule has 2 N–H and O–H groups in total. The number of hydrogen-bond donors (Lipinski definition) is 1. The number of fused-ring (bicyclic) bond motifs is 1. The Kier molecular flexibility index (Phi) is 4.86. The van der Waals surface area contributed by atoms with E-state index >= 15 is 0 Å². The van der Waals surface area contributed by atoms with Gasteiger partial charge in [-0.2, -0.15) is 0 Å². The largest absolute Gasteiger partial charge is 0.319 e. The molecular weight excluding hydrogens is 361 g/mol. The van der Waals surface area contributed by atoms with Crippen molar-refractivity contribution in [1.82, 2.24) is 9.55 Å². The first-order valence-corrected chi connectivity index (χ1v) is 10.2. The van der Waals surface area contributed by atoms with Crippen LogP contribution >= 0.6 is 11.8 Å². The van der Waals surface area contributed by atoms with Crippen LogP contribution in [0.25, 0.3) is 11.0 Å². The van der Waals surface area contributed by atoms with Crippen molar-refractivity contribution in [3.63, 3.8) is 0 Å². The maximum Gasteiger partial charge on any atom is 0.238 e. The van der Waals surface area contributed by atoms with E-state index in [2.05, 4.69) is 4.98 Å². The van der Waals surface area contributed by atoms with Gasteiger partial charge in [0.2, 0.25) is 10.0 Å². The van der Waals surface area contributed by atoms with Gasteiger partial charge in [0.15, 0.2) is 5.16 Å². The molecule has 0 amide bonds. The topological polar surface area (TPSA) is 78.0 Å². The number of nitrogens with two attached hydrogens (primary N) is 1. The first-order chi connectivity index (χ1) is 11.8.